The van der Waals surface area contributed by atoms with Crippen molar-refractivity contribution < 1.29 is 4.79 Å². The van der Waals surface area contributed by atoms with Gasteiger partial charge in [-0.25, -0.2) is 0 Å². The lowest BCUT2D eigenvalue weighted by molar-refractivity contribution is -0.120. The molecule has 0 aliphatic rings. The minimum Gasteiger partial charge on any atom is -0.399 e. The molecule has 3 heteroatoms. The largest absolute Gasteiger partial charge is 0.399 e. The van der Waals surface area contributed by atoms with Crippen molar-refractivity contribution >= 4 is 11.6 Å². The summed E-state index contributed by atoms with van der Waals surface area (Å²) in [7, 11) is 0. The molecular formula is C13H20N2O. The van der Waals surface area contributed by atoms with Crippen LogP contribution in [-0.2, 0) is 11.2 Å². The second kappa shape index (κ2) is 6.16. The van der Waals surface area contributed by atoms with E-state index in [1.807, 2.05) is 24.3 Å². The molecule has 3 nitrogen and oxygen atoms in total. The van der Waals surface area contributed by atoms with Gasteiger partial charge in [-0.3, -0.25) is 4.79 Å². The fourth-order valence-electron chi connectivity index (χ4n) is 1.45. The standard InChI is InChI=1S/C13H20N2O/c1-10(2)6-7-15-13(16)9-11-4-3-5-12(14)8-11/h3-5,8,10H,6-7,9,14H2,1-2H3,(H,15,16). The summed E-state index contributed by atoms with van der Waals surface area (Å²) in [5.74, 6) is 0.680. The predicted molar refractivity (Wildman–Crippen MR) is 67.0 cm³/mol. The first-order valence-electron chi connectivity index (χ1n) is 5.69. The van der Waals surface area contributed by atoms with E-state index in [9.17, 15) is 4.79 Å². The van der Waals surface area contributed by atoms with E-state index in [0.29, 0.717) is 18.0 Å². The highest BCUT2D eigenvalue weighted by molar-refractivity contribution is 5.78. The van der Waals surface area contributed by atoms with Gasteiger partial charge >= 0.3 is 0 Å². The van der Waals surface area contributed by atoms with Crippen LogP contribution in [0.3, 0.4) is 0 Å². The van der Waals surface area contributed by atoms with E-state index < -0.39 is 0 Å². The van der Waals surface area contributed by atoms with Crippen LogP contribution in [0.4, 0.5) is 5.69 Å². The Morgan fingerprint density at radius 1 is 1.44 bits per heavy atom. The quantitative estimate of drug-likeness (QED) is 0.745. The number of nitrogens with one attached hydrogen (secondary N) is 1. The number of carbonyl (C=O) groups is 1. The van der Waals surface area contributed by atoms with Crippen LogP contribution in [0, 0.1) is 5.92 Å². The van der Waals surface area contributed by atoms with E-state index in [-0.39, 0.29) is 5.91 Å². The third kappa shape index (κ3) is 4.82. The number of carbonyl (C=O) groups excluding carboxylic acids is 1. The molecule has 0 unspecified atom stereocenters. The Labute approximate surface area is 97.0 Å². The van der Waals surface area contributed by atoms with Gasteiger partial charge in [-0.1, -0.05) is 26.0 Å². The molecule has 3 N–H and O–H groups in total. The second-order valence-electron chi connectivity index (χ2n) is 4.45. The smallest absolute Gasteiger partial charge is 0.224 e. The highest BCUT2D eigenvalue weighted by Crippen LogP contribution is 2.07. The van der Waals surface area contributed by atoms with Crippen LogP contribution in [0.2, 0.25) is 0 Å². The fourth-order valence-corrected chi connectivity index (χ4v) is 1.45. The third-order valence-corrected chi connectivity index (χ3v) is 2.36. The molecule has 0 heterocycles. The van der Waals surface area contributed by atoms with Gasteiger partial charge in [0.15, 0.2) is 0 Å². The van der Waals surface area contributed by atoms with Crippen LogP contribution in [0.15, 0.2) is 24.3 Å². The van der Waals surface area contributed by atoms with Gasteiger partial charge in [0, 0.05) is 12.2 Å². The zero-order chi connectivity index (χ0) is 12.0. The Morgan fingerprint density at radius 2 is 2.19 bits per heavy atom. The lowest BCUT2D eigenvalue weighted by Gasteiger charge is -2.07. The van der Waals surface area contributed by atoms with Crippen molar-refractivity contribution in [3.63, 3.8) is 0 Å². The number of hydrogen-bond donors (Lipinski definition) is 2. The number of amides is 1. The zero-order valence-electron chi connectivity index (χ0n) is 9.99. The lowest BCUT2D eigenvalue weighted by atomic mass is 10.1. The molecule has 0 bridgehead atoms. The Kier molecular flexibility index (Phi) is 4.83. The summed E-state index contributed by atoms with van der Waals surface area (Å²) in [5.41, 5.74) is 7.30. The number of nitrogens with two attached hydrogens (primary N) is 1. The van der Waals surface area contributed by atoms with Crippen LogP contribution in [0.5, 0.6) is 0 Å². The van der Waals surface area contributed by atoms with Crippen molar-refractivity contribution in [2.45, 2.75) is 26.7 Å². The Morgan fingerprint density at radius 3 is 2.81 bits per heavy atom. The number of benzene rings is 1. The summed E-state index contributed by atoms with van der Waals surface area (Å²) >= 11 is 0. The van der Waals surface area contributed by atoms with Crippen LogP contribution in [0.1, 0.15) is 25.8 Å². The minimum atomic E-state index is 0.0613. The highest BCUT2D eigenvalue weighted by Gasteiger charge is 2.03. The molecule has 0 saturated heterocycles. The molecule has 0 atom stereocenters. The fraction of sp³-hybridized carbons (Fsp3) is 0.462. The average Bonchev–Trinajstić information content (AvgIpc) is 2.16. The molecule has 0 aliphatic carbocycles. The molecule has 0 radical (unpaired) electrons. The first-order valence-corrected chi connectivity index (χ1v) is 5.69. The maximum absolute atomic E-state index is 11.6. The van der Waals surface area contributed by atoms with Crippen molar-refractivity contribution in [1.82, 2.24) is 5.32 Å². The van der Waals surface area contributed by atoms with Gasteiger partial charge < -0.3 is 11.1 Å². The molecule has 1 aromatic rings. The Balaban J connectivity index is 2.34. The molecule has 1 amide bonds. The summed E-state index contributed by atoms with van der Waals surface area (Å²) < 4.78 is 0. The van der Waals surface area contributed by atoms with Crippen LogP contribution >= 0.6 is 0 Å². The summed E-state index contributed by atoms with van der Waals surface area (Å²) in [6, 6.07) is 7.44. The van der Waals surface area contributed by atoms with E-state index >= 15 is 0 Å². The van der Waals surface area contributed by atoms with Gasteiger partial charge in [-0.15, -0.1) is 0 Å². The highest BCUT2D eigenvalue weighted by atomic mass is 16.1. The van der Waals surface area contributed by atoms with Crippen LogP contribution < -0.4 is 11.1 Å². The molecule has 1 rings (SSSR count). The first kappa shape index (κ1) is 12.6. The Bertz CT molecular complexity index is 348. The van der Waals surface area contributed by atoms with Gasteiger partial charge in [-0.2, -0.15) is 0 Å². The van der Waals surface area contributed by atoms with Crippen molar-refractivity contribution in [2.24, 2.45) is 5.92 Å². The van der Waals surface area contributed by atoms with Crippen molar-refractivity contribution in [1.29, 1.82) is 0 Å². The zero-order valence-corrected chi connectivity index (χ0v) is 9.99. The second-order valence-corrected chi connectivity index (χ2v) is 4.45. The van der Waals surface area contributed by atoms with Gasteiger partial charge in [-0.05, 0) is 30.0 Å². The Hall–Kier alpha value is -1.51. The molecule has 0 aliphatic heterocycles. The van der Waals surface area contributed by atoms with E-state index in [0.717, 1.165) is 18.5 Å². The minimum absolute atomic E-state index is 0.0613. The average molecular weight is 220 g/mol. The van der Waals surface area contributed by atoms with Crippen LogP contribution in [-0.4, -0.2) is 12.5 Å². The third-order valence-electron chi connectivity index (χ3n) is 2.36. The van der Waals surface area contributed by atoms with Crippen molar-refractivity contribution in [3.8, 4) is 0 Å². The molecular weight excluding hydrogens is 200 g/mol. The van der Waals surface area contributed by atoms with E-state index in [1.54, 1.807) is 0 Å². The van der Waals surface area contributed by atoms with Crippen molar-refractivity contribution in [2.75, 3.05) is 12.3 Å². The first-order chi connectivity index (χ1) is 7.58. The molecule has 16 heavy (non-hydrogen) atoms. The normalized spacial score (nSPS) is 10.4. The van der Waals surface area contributed by atoms with E-state index in [1.165, 1.54) is 0 Å². The lowest BCUT2D eigenvalue weighted by Crippen LogP contribution is -2.26. The number of rotatable bonds is 5. The van der Waals surface area contributed by atoms with Crippen molar-refractivity contribution in [3.05, 3.63) is 29.8 Å². The molecule has 0 saturated carbocycles. The van der Waals surface area contributed by atoms with Gasteiger partial charge in [0.05, 0.1) is 6.42 Å². The molecule has 0 aromatic heterocycles. The summed E-state index contributed by atoms with van der Waals surface area (Å²) in [4.78, 5) is 11.6. The summed E-state index contributed by atoms with van der Waals surface area (Å²) in [5, 5.41) is 2.90. The van der Waals surface area contributed by atoms with Crippen LogP contribution in [0.25, 0.3) is 0 Å². The van der Waals surface area contributed by atoms with Gasteiger partial charge in [0.2, 0.25) is 5.91 Å². The monoisotopic (exact) mass is 220 g/mol. The number of anilines is 1. The predicted octanol–water partition coefficient (Wildman–Crippen LogP) is 1.97. The molecule has 0 fully saturated rings. The topological polar surface area (TPSA) is 55.1 Å². The van der Waals surface area contributed by atoms with Gasteiger partial charge in [0.25, 0.3) is 0 Å². The van der Waals surface area contributed by atoms with E-state index in [4.69, 9.17) is 5.73 Å². The van der Waals surface area contributed by atoms with E-state index in [2.05, 4.69) is 19.2 Å². The molecule has 88 valence electrons. The molecule has 1 aromatic carbocycles. The maximum atomic E-state index is 11.6. The maximum Gasteiger partial charge on any atom is 0.224 e. The molecule has 0 spiro atoms. The SMILES string of the molecule is CC(C)CCNC(=O)Cc1cccc(N)c1. The summed E-state index contributed by atoms with van der Waals surface area (Å²) in [6.07, 6.45) is 1.42. The summed E-state index contributed by atoms with van der Waals surface area (Å²) in [6.45, 7) is 5.03. The number of hydrogen-bond acceptors (Lipinski definition) is 2. The number of nitrogen functional groups attached to an aromatic ring is 1. The van der Waals surface area contributed by atoms with Gasteiger partial charge in [0.1, 0.15) is 0 Å².